The van der Waals surface area contributed by atoms with E-state index in [1.54, 1.807) is 0 Å². The molecule has 0 aliphatic carbocycles. The Balaban J connectivity index is 0.00000361. The predicted molar refractivity (Wildman–Crippen MR) is 80.9 cm³/mol. The third-order valence-corrected chi connectivity index (χ3v) is 2.96. The molecule has 0 spiro atoms. The van der Waals surface area contributed by atoms with E-state index >= 15 is 0 Å². The van der Waals surface area contributed by atoms with Gasteiger partial charge in [0.2, 0.25) is 5.91 Å². The largest absolute Gasteiger partial charge is 0.387 e. The number of benzene rings is 1. The number of nitrogens with one attached hydrogen (secondary N) is 1. The fraction of sp³-hybridized carbons (Fsp3) is 0.500. The van der Waals surface area contributed by atoms with E-state index in [-0.39, 0.29) is 37.4 Å². The van der Waals surface area contributed by atoms with Crippen molar-refractivity contribution in [1.82, 2.24) is 5.32 Å². The van der Waals surface area contributed by atoms with Gasteiger partial charge in [0.05, 0.1) is 18.6 Å². The minimum atomic E-state index is -0.705. The van der Waals surface area contributed by atoms with E-state index in [2.05, 4.69) is 5.32 Å². The van der Waals surface area contributed by atoms with Gasteiger partial charge in [-0.3, -0.25) is 4.79 Å². The highest BCUT2D eigenvalue weighted by atomic mass is 35.5. The number of hydrogen-bond acceptors (Lipinski definition) is 4. The van der Waals surface area contributed by atoms with Crippen LogP contribution in [0, 0.1) is 6.92 Å². The lowest BCUT2D eigenvalue weighted by molar-refractivity contribution is -0.123. The molecule has 2 atom stereocenters. The Morgan fingerprint density at radius 3 is 2.50 bits per heavy atom. The summed E-state index contributed by atoms with van der Waals surface area (Å²) in [6.45, 7) is 2.46. The molecule has 0 radical (unpaired) electrons. The molecule has 5 nitrogen and oxygen atoms in total. The number of halogens is 1. The Bertz CT molecular complexity index is 394. The van der Waals surface area contributed by atoms with Crippen molar-refractivity contribution in [3.05, 3.63) is 35.4 Å². The molecule has 1 aromatic carbocycles. The number of nitrogens with two attached hydrogens (primary N) is 1. The monoisotopic (exact) mass is 302 g/mol. The molecule has 4 N–H and O–H groups in total. The van der Waals surface area contributed by atoms with Crippen LogP contribution in [0.4, 0.5) is 0 Å². The maximum atomic E-state index is 11.6. The van der Waals surface area contributed by atoms with Crippen LogP contribution in [0.15, 0.2) is 24.3 Å². The quantitative estimate of drug-likeness (QED) is 0.699. The number of methoxy groups -OCH3 is 1. The molecular weight excluding hydrogens is 280 g/mol. The van der Waals surface area contributed by atoms with Crippen LogP contribution in [0.25, 0.3) is 0 Å². The van der Waals surface area contributed by atoms with Gasteiger partial charge in [-0.15, -0.1) is 12.4 Å². The van der Waals surface area contributed by atoms with Crippen LogP contribution in [0.5, 0.6) is 0 Å². The summed E-state index contributed by atoms with van der Waals surface area (Å²) < 4.78 is 5.03. The number of aliphatic hydroxyl groups is 1. The Labute approximate surface area is 125 Å². The molecule has 2 unspecified atom stereocenters. The molecule has 1 aromatic rings. The van der Waals surface area contributed by atoms with Crippen molar-refractivity contribution >= 4 is 18.3 Å². The molecule has 0 bridgehead atoms. The van der Waals surface area contributed by atoms with Crippen LogP contribution in [0.3, 0.4) is 0 Å². The molecule has 6 heteroatoms. The van der Waals surface area contributed by atoms with Crippen LogP contribution in [0.2, 0.25) is 0 Å². The summed E-state index contributed by atoms with van der Waals surface area (Å²) in [5.74, 6) is -0.177. The number of hydrogen-bond donors (Lipinski definition) is 3. The topological polar surface area (TPSA) is 84.6 Å². The highest BCUT2D eigenvalue weighted by molar-refractivity contribution is 5.85. The number of rotatable bonds is 7. The number of aliphatic hydroxyl groups excluding tert-OH is 1. The van der Waals surface area contributed by atoms with E-state index < -0.39 is 6.10 Å². The van der Waals surface area contributed by atoms with Crippen LogP contribution in [0.1, 0.15) is 23.7 Å². The standard InChI is InChI=1S/C14H22N2O3.ClH/c1-10-3-5-11(6-4-10)13(17)9-16-14(18)7-12(8-15)19-2;/h3-6,12-13,17H,7-9,15H2,1-2H3,(H,16,18);1H. The summed E-state index contributed by atoms with van der Waals surface area (Å²) in [6.07, 6.45) is -0.784. The number of amides is 1. The Morgan fingerprint density at radius 2 is 2.00 bits per heavy atom. The van der Waals surface area contributed by atoms with Crippen molar-refractivity contribution in [2.24, 2.45) is 5.73 Å². The van der Waals surface area contributed by atoms with Gasteiger partial charge in [-0.2, -0.15) is 0 Å². The fourth-order valence-electron chi connectivity index (χ4n) is 1.66. The van der Waals surface area contributed by atoms with Gasteiger partial charge >= 0.3 is 0 Å². The first-order valence-corrected chi connectivity index (χ1v) is 6.31. The van der Waals surface area contributed by atoms with E-state index in [4.69, 9.17) is 10.5 Å². The van der Waals surface area contributed by atoms with Crippen molar-refractivity contribution in [1.29, 1.82) is 0 Å². The minimum Gasteiger partial charge on any atom is -0.387 e. The number of ether oxygens (including phenoxy) is 1. The molecule has 0 fully saturated rings. The van der Waals surface area contributed by atoms with Gasteiger partial charge in [-0.25, -0.2) is 0 Å². The fourth-order valence-corrected chi connectivity index (χ4v) is 1.66. The summed E-state index contributed by atoms with van der Waals surface area (Å²) in [4.78, 5) is 11.6. The number of aryl methyl sites for hydroxylation is 1. The Kier molecular flexibility index (Phi) is 9.16. The lowest BCUT2D eigenvalue weighted by atomic mass is 10.1. The summed E-state index contributed by atoms with van der Waals surface area (Å²) in [5.41, 5.74) is 7.35. The van der Waals surface area contributed by atoms with Gasteiger partial charge in [0.25, 0.3) is 0 Å². The van der Waals surface area contributed by atoms with Crippen LogP contribution < -0.4 is 11.1 Å². The molecule has 20 heavy (non-hydrogen) atoms. The lowest BCUT2D eigenvalue weighted by Gasteiger charge is -2.15. The average Bonchev–Trinajstić information content (AvgIpc) is 2.43. The SMILES string of the molecule is COC(CN)CC(=O)NCC(O)c1ccc(C)cc1.Cl. The first-order valence-electron chi connectivity index (χ1n) is 6.31. The molecule has 0 aromatic heterocycles. The van der Waals surface area contributed by atoms with Crippen LogP contribution in [-0.4, -0.2) is 37.3 Å². The van der Waals surface area contributed by atoms with Crippen molar-refractivity contribution < 1.29 is 14.6 Å². The van der Waals surface area contributed by atoms with E-state index in [1.807, 2.05) is 31.2 Å². The summed E-state index contributed by atoms with van der Waals surface area (Å²) in [5, 5.41) is 12.6. The molecule has 0 saturated carbocycles. The zero-order valence-electron chi connectivity index (χ0n) is 11.8. The van der Waals surface area contributed by atoms with E-state index in [0.29, 0.717) is 6.54 Å². The van der Waals surface area contributed by atoms with Gasteiger partial charge in [-0.1, -0.05) is 29.8 Å². The third-order valence-electron chi connectivity index (χ3n) is 2.96. The van der Waals surface area contributed by atoms with Crippen molar-refractivity contribution in [2.45, 2.75) is 25.6 Å². The van der Waals surface area contributed by atoms with E-state index in [1.165, 1.54) is 7.11 Å². The van der Waals surface area contributed by atoms with Gasteiger partial charge in [0.1, 0.15) is 0 Å². The Hall–Kier alpha value is -1.14. The third kappa shape index (κ3) is 6.34. The van der Waals surface area contributed by atoms with Crippen LogP contribution >= 0.6 is 12.4 Å². The maximum Gasteiger partial charge on any atom is 0.222 e. The Morgan fingerprint density at radius 1 is 1.40 bits per heavy atom. The zero-order chi connectivity index (χ0) is 14.3. The molecule has 0 heterocycles. The van der Waals surface area contributed by atoms with Gasteiger partial charge in [-0.05, 0) is 12.5 Å². The highest BCUT2D eigenvalue weighted by Gasteiger charge is 2.13. The first kappa shape index (κ1) is 18.9. The summed E-state index contributed by atoms with van der Waals surface area (Å²) in [7, 11) is 1.52. The molecule has 0 aliphatic heterocycles. The second-order valence-electron chi connectivity index (χ2n) is 4.53. The number of carbonyl (C=O) groups is 1. The average molecular weight is 303 g/mol. The molecule has 1 amide bonds. The predicted octanol–water partition coefficient (Wildman–Crippen LogP) is 0.930. The maximum absolute atomic E-state index is 11.6. The van der Waals surface area contributed by atoms with Crippen LogP contribution in [-0.2, 0) is 9.53 Å². The van der Waals surface area contributed by atoms with Crippen molar-refractivity contribution in [2.75, 3.05) is 20.2 Å². The smallest absolute Gasteiger partial charge is 0.222 e. The molecule has 0 saturated heterocycles. The van der Waals surface area contributed by atoms with Crippen molar-refractivity contribution in [3.63, 3.8) is 0 Å². The van der Waals surface area contributed by atoms with Gasteiger partial charge in [0, 0.05) is 20.2 Å². The first-order chi connectivity index (χ1) is 9.06. The summed E-state index contributed by atoms with van der Waals surface area (Å²) in [6, 6.07) is 7.56. The van der Waals surface area contributed by atoms with E-state index in [0.717, 1.165) is 11.1 Å². The zero-order valence-corrected chi connectivity index (χ0v) is 12.7. The van der Waals surface area contributed by atoms with Gasteiger partial charge < -0.3 is 20.9 Å². The minimum absolute atomic E-state index is 0. The highest BCUT2D eigenvalue weighted by Crippen LogP contribution is 2.12. The van der Waals surface area contributed by atoms with Gasteiger partial charge in [0.15, 0.2) is 0 Å². The second kappa shape index (κ2) is 9.72. The van der Waals surface area contributed by atoms with E-state index in [9.17, 15) is 9.90 Å². The molecule has 1 rings (SSSR count). The number of carbonyl (C=O) groups excluding carboxylic acids is 1. The molecule has 0 aliphatic rings. The normalized spacial score (nSPS) is 13.2. The second-order valence-corrected chi connectivity index (χ2v) is 4.53. The lowest BCUT2D eigenvalue weighted by Crippen LogP contribution is -2.34. The molecular formula is C14H23ClN2O3. The summed E-state index contributed by atoms with van der Waals surface area (Å²) >= 11 is 0. The molecule has 114 valence electrons. The van der Waals surface area contributed by atoms with Crippen molar-refractivity contribution in [3.8, 4) is 0 Å².